The van der Waals surface area contributed by atoms with E-state index in [4.69, 9.17) is 63.1 Å². The van der Waals surface area contributed by atoms with Crippen LogP contribution < -0.4 is 52.3 Å². The molecule has 0 radical (unpaired) electrons. The molecule has 7 bridgehead atoms. The molecule has 17 unspecified atom stereocenters. The Hall–Kier alpha value is -6.11. The van der Waals surface area contributed by atoms with Crippen LogP contribution in [0.25, 0.3) is 0 Å². The third kappa shape index (κ3) is 14.9. The summed E-state index contributed by atoms with van der Waals surface area (Å²) < 4.78 is 38.1. The van der Waals surface area contributed by atoms with E-state index < -0.39 is 187 Å². The number of fused-ring (bicyclic) bond motifs is 16. The zero-order valence-corrected chi connectivity index (χ0v) is 48.6. The first-order chi connectivity index (χ1) is 39.5. The highest BCUT2D eigenvalue weighted by Crippen LogP contribution is 2.49. The van der Waals surface area contributed by atoms with Crippen LogP contribution >= 0.6 is 23.2 Å². The van der Waals surface area contributed by atoms with Gasteiger partial charge in [0.25, 0.3) is 0 Å². The fourth-order valence-corrected chi connectivity index (χ4v) is 10.9. The number of carbonyl (C=O) groups excluding carboxylic acids is 7. The van der Waals surface area contributed by atoms with Gasteiger partial charge in [0.05, 0.1) is 40.8 Å². The van der Waals surface area contributed by atoms with Crippen molar-refractivity contribution in [3.05, 3.63) is 75.3 Å². The zero-order chi connectivity index (χ0) is 61.8. The number of aliphatic hydroxyl groups excluding tert-OH is 6. The standard InChI is InChI=1S/C56H73Cl2N7O19/c1-22(2)12-31(61-6)53(77)64-42-33(68)16-28(19-39(59)69)52(76)63-41-27-17-36(80-34-10-8-25(44(42)70)14-29(34)57)48(84-55-49(47(73)46(72)38(21-66)82-55)83-40-20-56(5,60)50(74)24(4)79-40)37(18-27)81-35-11-9-26(15-30(35)58)45(71)43(54(78)62-7)65-51(75)23(3)13-32(41)67/h8-11,14-15,17-18,22-24,28,31,38,40-47,49-50,55,61,66,70-74H,12-13,16,19-21,60H2,1-7H3,(H2,59,69)(H,62,78)(H,63,76)(H,64,77)(H,65,75). The first-order valence-corrected chi connectivity index (χ1v) is 28.0. The summed E-state index contributed by atoms with van der Waals surface area (Å²) in [6.45, 7) is 7.26. The molecule has 9 rings (SSSR count). The van der Waals surface area contributed by atoms with Crippen molar-refractivity contribution in [2.24, 2.45) is 29.2 Å². The Kier molecular flexibility index (Phi) is 21.4. The summed E-state index contributed by atoms with van der Waals surface area (Å²) in [4.78, 5) is 98.7. The Balaban J connectivity index is 1.49. The number of hydrogen-bond acceptors (Lipinski definition) is 21. The summed E-state index contributed by atoms with van der Waals surface area (Å²) in [5.74, 6) is -11.4. The Morgan fingerprint density at radius 3 is 1.95 bits per heavy atom. The number of nitrogens with two attached hydrogens (primary N) is 2. The van der Waals surface area contributed by atoms with Crippen molar-refractivity contribution in [1.29, 1.82) is 0 Å². The maximum absolute atomic E-state index is 15.1. The molecule has 0 saturated carbocycles. The lowest BCUT2D eigenvalue weighted by atomic mass is 9.86. The molecular weight excluding hydrogens is 1150 g/mol. The van der Waals surface area contributed by atoms with Gasteiger partial charge in [-0.3, -0.25) is 33.6 Å². The van der Waals surface area contributed by atoms with E-state index in [1.54, 1.807) is 6.92 Å². The minimum atomic E-state index is -1.93. The quantitative estimate of drug-likeness (QED) is 0.112. The number of carbonyl (C=O) groups is 7. The Bertz CT molecular complexity index is 2960. The third-order valence-corrected chi connectivity index (χ3v) is 15.8. The minimum absolute atomic E-state index is 0.00924. The second kappa shape index (κ2) is 27.5. The number of primary amides is 1. The van der Waals surface area contributed by atoms with Gasteiger partial charge in [-0.2, -0.15) is 0 Å². The molecule has 2 fully saturated rings. The smallest absolute Gasteiger partial charge is 0.245 e. The van der Waals surface area contributed by atoms with Crippen molar-refractivity contribution in [2.75, 3.05) is 20.7 Å². The van der Waals surface area contributed by atoms with Gasteiger partial charge in [-0.1, -0.05) is 56.1 Å². The molecule has 26 nitrogen and oxygen atoms in total. The number of amides is 5. The number of hydrogen-bond donors (Lipinski definition) is 13. The van der Waals surface area contributed by atoms with Gasteiger partial charge < -0.3 is 97.1 Å². The molecule has 15 N–H and O–H groups in total. The summed E-state index contributed by atoms with van der Waals surface area (Å²) in [6, 6.07) is 3.75. The first kappa shape index (κ1) is 65.4. The van der Waals surface area contributed by atoms with Crippen LogP contribution in [-0.4, -0.2) is 165 Å². The van der Waals surface area contributed by atoms with Gasteiger partial charge in [-0.15, -0.1) is 0 Å². The van der Waals surface area contributed by atoms with Crippen molar-refractivity contribution in [1.82, 2.24) is 26.6 Å². The molecular formula is C56H73Cl2N7O19. The van der Waals surface area contributed by atoms with Gasteiger partial charge in [0.2, 0.25) is 41.6 Å². The second-order valence-corrected chi connectivity index (χ2v) is 23.1. The van der Waals surface area contributed by atoms with Crippen molar-refractivity contribution in [3.63, 3.8) is 0 Å². The second-order valence-electron chi connectivity index (χ2n) is 22.3. The van der Waals surface area contributed by atoms with Crippen LogP contribution in [-0.2, 0) is 47.8 Å². The molecule has 2 saturated heterocycles. The summed E-state index contributed by atoms with van der Waals surface area (Å²) in [7, 11) is 2.79. The Morgan fingerprint density at radius 1 is 0.810 bits per heavy atom. The van der Waals surface area contributed by atoms with E-state index in [1.807, 2.05) is 13.8 Å². The number of ketones is 2. The molecule has 3 aromatic carbocycles. The van der Waals surface area contributed by atoms with Gasteiger partial charge in [0, 0.05) is 44.2 Å². The molecule has 28 heteroatoms. The van der Waals surface area contributed by atoms with E-state index in [2.05, 4.69) is 26.6 Å². The average molecular weight is 1220 g/mol. The van der Waals surface area contributed by atoms with Crippen LogP contribution in [0.15, 0.2) is 48.5 Å². The summed E-state index contributed by atoms with van der Waals surface area (Å²) in [5.41, 5.74) is 10.6. The van der Waals surface area contributed by atoms with Crippen molar-refractivity contribution in [3.8, 4) is 28.7 Å². The van der Waals surface area contributed by atoms with Crippen LogP contribution in [0.3, 0.4) is 0 Å². The number of ether oxygens (including phenoxy) is 6. The van der Waals surface area contributed by atoms with E-state index >= 15 is 4.79 Å². The van der Waals surface area contributed by atoms with E-state index in [-0.39, 0.29) is 50.6 Å². The molecule has 6 aliphatic heterocycles. The largest absolute Gasteiger partial charge is 0.454 e. The molecule has 460 valence electrons. The maximum Gasteiger partial charge on any atom is 0.245 e. The highest BCUT2D eigenvalue weighted by Gasteiger charge is 2.51. The van der Waals surface area contributed by atoms with Crippen LogP contribution in [0, 0.1) is 17.8 Å². The summed E-state index contributed by atoms with van der Waals surface area (Å²) >= 11 is 13.9. The number of likely N-dealkylation sites (N-methyl/N-ethyl adjacent to an activating group) is 2. The first-order valence-electron chi connectivity index (χ1n) is 27.2. The molecule has 17 atom stereocenters. The molecule has 0 spiro atoms. The number of nitrogens with one attached hydrogen (secondary N) is 5. The fourth-order valence-electron chi connectivity index (χ4n) is 10.4. The number of Topliss-reactive ketones (excluding diaryl/α,β-unsaturated/α-hetero) is 2. The predicted octanol–water partition coefficient (Wildman–Crippen LogP) is 0.641. The SMILES string of the molecule is CNC(=O)C1NC(=O)C(C)CC(=O)C2NC(=O)C(CC(N)=O)CC(=O)C(NC(=O)C(CC(C)C)NC)C(O)c3ccc(c(Cl)c3)Oc3cc2cc(c3OC2OC(CO)C(O)C(O)C2OC2CC(C)(N)C(O)C(C)O2)Oc2ccc(cc2Cl)C1O. The number of aliphatic hydroxyl groups is 6. The molecule has 6 heterocycles. The molecule has 6 aliphatic rings. The Morgan fingerprint density at radius 2 is 1.42 bits per heavy atom. The van der Waals surface area contributed by atoms with Crippen molar-refractivity contribution >= 4 is 64.3 Å². The van der Waals surface area contributed by atoms with Crippen LogP contribution in [0.5, 0.6) is 28.7 Å². The van der Waals surface area contributed by atoms with Gasteiger partial charge in [-0.05, 0) is 86.3 Å². The molecule has 5 amide bonds. The highest BCUT2D eigenvalue weighted by atomic mass is 35.5. The number of benzene rings is 3. The third-order valence-electron chi connectivity index (χ3n) is 15.2. The highest BCUT2D eigenvalue weighted by molar-refractivity contribution is 6.32. The lowest BCUT2D eigenvalue weighted by Crippen LogP contribution is -2.64. The monoisotopic (exact) mass is 1220 g/mol. The van der Waals surface area contributed by atoms with Gasteiger partial charge in [0.15, 0.2) is 35.5 Å². The maximum atomic E-state index is 15.1. The number of rotatable bonds is 13. The van der Waals surface area contributed by atoms with Crippen molar-refractivity contribution < 1.29 is 92.6 Å². The molecule has 0 aliphatic carbocycles. The molecule has 84 heavy (non-hydrogen) atoms. The van der Waals surface area contributed by atoms with Gasteiger partial charge in [0.1, 0.15) is 60.1 Å². The molecule has 0 aromatic heterocycles. The van der Waals surface area contributed by atoms with Gasteiger partial charge in [-0.25, -0.2) is 0 Å². The molecule has 3 aromatic rings. The van der Waals surface area contributed by atoms with E-state index in [0.29, 0.717) is 6.42 Å². The lowest BCUT2D eigenvalue weighted by molar-refractivity contribution is -0.333. The predicted molar refractivity (Wildman–Crippen MR) is 297 cm³/mol. The van der Waals surface area contributed by atoms with Crippen LogP contribution in [0.4, 0.5) is 0 Å². The number of halogens is 2. The van der Waals surface area contributed by atoms with Crippen LogP contribution in [0.2, 0.25) is 10.0 Å². The average Bonchev–Trinajstić information content (AvgIpc) is 3.57. The summed E-state index contributed by atoms with van der Waals surface area (Å²) in [5, 5.41) is 80.6. The van der Waals surface area contributed by atoms with E-state index in [9.17, 15) is 59.4 Å². The van der Waals surface area contributed by atoms with Crippen molar-refractivity contribution in [2.45, 2.75) is 158 Å². The summed E-state index contributed by atoms with van der Waals surface area (Å²) in [6.07, 6.45) is -18.3. The van der Waals surface area contributed by atoms with Crippen LogP contribution in [0.1, 0.15) is 102 Å². The van der Waals surface area contributed by atoms with Gasteiger partial charge >= 0.3 is 0 Å². The minimum Gasteiger partial charge on any atom is -0.454 e. The van der Waals surface area contributed by atoms with E-state index in [0.717, 1.165) is 0 Å². The normalized spacial score (nSPS) is 31.8. The zero-order valence-electron chi connectivity index (χ0n) is 47.1. The lowest BCUT2D eigenvalue weighted by Gasteiger charge is -2.47. The topological polar surface area (TPSA) is 408 Å². The Labute approximate surface area is 493 Å². The van der Waals surface area contributed by atoms with E-state index in [1.165, 1.54) is 76.5 Å². The fraction of sp³-hybridized carbons (Fsp3) is 0.554.